The third-order valence-electron chi connectivity index (χ3n) is 5.43. The molecule has 1 amide bonds. The Hall–Kier alpha value is -4.14. The number of benzene rings is 1. The molecule has 1 fully saturated rings. The van der Waals surface area contributed by atoms with Crippen LogP contribution in [0.3, 0.4) is 0 Å². The van der Waals surface area contributed by atoms with E-state index < -0.39 is 72.9 Å². The standard InChI is InChI=1S/C24H24F3NO11/c1-10-7-18(32)38-16-8-14(5-6-15(10)16)37-22-19(28-23(33)24(25,26)27)21(36-13(4)31)20(35-12(3)30)17(39-22)9-34-11(2)29/h5-8,17,19-22H,9H2,1-4H3,(H,28,33)/t17-,19+,20-,21+,22-/m0/s1. The average Bonchev–Trinajstić information content (AvgIpc) is 2.79. The number of carbonyl (C=O) groups excluding carboxylic acids is 4. The highest BCUT2D eigenvalue weighted by atomic mass is 19.4. The Balaban J connectivity index is 2.08. The Morgan fingerprint density at radius 1 is 0.974 bits per heavy atom. The molecular formula is C24H24F3NO11. The molecule has 1 aromatic heterocycles. The van der Waals surface area contributed by atoms with Crippen molar-refractivity contribution in [2.45, 2.75) is 64.5 Å². The molecule has 0 spiro atoms. The second-order valence-corrected chi connectivity index (χ2v) is 8.51. The molecule has 3 rings (SSSR count). The van der Waals surface area contributed by atoms with Crippen molar-refractivity contribution >= 4 is 34.8 Å². The van der Waals surface area contributed by atoms with Gasteiger partial charge in [0, 0.05) is 38.3 Å². The second-order valence-electron chi connectivity index (χ2n) is 8.51. The molecule has 0 unspecified atom stereocenters. The molecule has 1 aliphatic heterocycles. The summed E-state index contributed by atoms with van der Waals surface area (Å²) < 4.78 is 71.5. The Labute approximate surface area is 218 Å². The van der Waals surface area contributed by atoms with Gasteiger partial charge >= 0.3 is 35.6 Å². The number of alkyl halides is 3. The Bertz CT molecular complexity index is 1320. The summed E-state index contributed by atoms with van der Waals surface area (Å²) in [7, 11) is 0. The Morgan fingerprint density at radius 3 is 2.21 bits per heavy atom. The fraction of sp³-hybridized carbons (Fsp3) is 0.458. The maximum atomic E-state index is 13.2. The fourth-order valence-electron chi connectivity index (χ4n) is 3.90. The summed E-state index contributed by atoms with van der Waals surface area (Å²) in [6, 6.07) is 3.53. The smallest absolute Gasteiger partial charge is 0.463 e. The minimum absolute atomic E-state index is 0.0775. The van der Waals surface area contributed by atoms with Gasteiger partial charge in [-0.05, 0) is 24.6 Å². The van der Waals surface area contributed by atoms with Gasteiger partial charge in [0.2, 0.25) is 6.29 Å². The van der Waals surface area contributed by atoms with E-state index in [1.54, 1.807) is 12.2 Å². The van der Waals surface area contributed by atoms with Crippen LogP contribution in [-0.2, 0) is 38.1 Å². The molecule has 1 saturated heterocycles. The molecule has 1 aromatic carbocycles. The molecule has 0 radical (unpaired) electrons. The van der Waals surface area contributed by atoms with Crippen LogP contribution in [0.2, 0.25) is 0 Å². The molecular weight excluding hydrogens is 535 g/mol. The number of nitrogens with one attached hydrogen (secondary N) is 1. The van der Waals surface area contributed by atoms with E-state index in [0.29, 0.717) is 10.9 Å². The largest absolute Gasteiger partial charge is 0.471 e. The van der Waals surface area contributed by atoms with E-state index in [0.717, 1.165) is 20.8 Å². The molecule has 0 saturated carbocycles. The Morgan fingerprint density at radius 2 is 1.62 bits per heavy atom. The summed E-state index contributed by atoms with van der Waals surface area (Å²) in [5, 5.41) is 2.20. The van der Waals surface area contributed by atoms with Crippen molar-refractivity contribution in [3.63, 3.8) is 0 Å². The summed E-state index contributed by atoms with van der Waals surface area (Å²) in [6.07, 6.45) is -12.0. The molecule has 2 heterocycles. The van der Waals surface area contributed by atoms with Gasteiger partial charge in [0.1, 0.15) is 30.1 Å². The average molecular weight is 559 g/mol. The van der Waals surface area contributed by atoms with Gasteiger partial charge in [-0.15, -0.1) is 0 Å². The van der Waals surface area contributed by atoms with Crippen molar-refractivity contribution in [1.82, 2.24) is 5.32 Å². The molecule has 2 aromatic rings. The number of esters is 3. The van der Waals surface area contributed by atoms with Crippen molar-refractivity contribution in [2.24, 2.45) is 0 Å². The highest BCUT2D eigenvalue weighted by Crippen LogP contribution is 2.31. The van der Waals surface area contributed by atoms with Crippen molar-refractivity contribution in [2.75, 3.05) is 6.61 Å². The van der Waals surface area contributed by atoms with Crippen molar-refractivity contribution in [3.8, 4) is 5.75 Å². The highest BCUT2D eigenvalue weighted by Gasteiger charge is 2.54. The SMILES string of the molecule is CC(=O)OC[C@@H]1O[C@H](Oc2ccc3c(C)cc(=O)oc3c2)[C@H](NC(=O)C(F)(F)F)[C@@H](OC(C)=O)[C@H]1OC(C)=O. The van der Waals surface area contributed by atoms with E-state index in [1.807, 2.05) is 0 Å². The number of fused-ring (bicyclic) bond motifs is 1. The molecule has 12 nitrogen and oxygen atoms in total. The first kappa shape index (κ1) is 29.4. The van der Waals surface area contributed by atoms with Gasteiger partial charge in [-0.3, -0.25) is 19.2 Å². The van der Waals surface area contributed by atoms with Crippen LogP contribution in [0.15, 0.2) is 33.5 Å². The minimum Gasteiger partial charge on any atom is -0.463 e. The quantitative estimate of drug-likeness (QED) is 0.299. The monoisotopic (exact) mass is 559 g/mol. The van der Waals surface area contributed by atoms with E-state index in [-0.39, 0.29) is 11.3 Å². The van der Waals surface area contributed by atoms with E-state index in [1.165, 1.54) is 24.3 Å². The van der Waals surface area contributed by atoms with Gasteiger partial charge in [-0.1, -0.05) is 0 Å². The van der Waals surface area contributed by atoms with Gasteiger partial charge < -0.3 is 33.4 Å². The molecule has 1 N–H and O–H groups in total. The summed E-state index contributed by atoms with van der Waals surface area (Å²) >= 11 is 0. The number of halogens is 3. The lowest BCUT2D eigenvalue weighted by atomic mass is 9.96. The van der Waals surface area contributed by atoms with E-state index in [9.17, 15) is 37.1 Å². The second kappa shape index (κ2) is 11.7. The van der Waals surface area contributed by atoms with E-state index in [4.69, 9.17) is 28.1 Å². The predicted molar refractivity (Wildman–Crippen MR) is 122 cm³/mol. The summed E-state index contributed by atoms with van der Waals surface area (Å²) in [6.45, 7) is 4.05. The van der Waals surface area contributed by atoms with Gasteiger partial charge in [0.15, 0.2) is 12.2 Å². The van der Waals surface area contributed by atoms with Crippen LogP contribution >= 0.6 is 0 Å². The number of hydrogen-bond donors (Lipinski definition) is 1. The molecule has 39 heavy (non-hydrogen) atoms. The van der Waals surface area contributed by atoms with Crippen molar-refractivity contribution in [1.29, 1.82) is 0 Å². The normalized spacial score (nSPS) is 23.0. The van der Waals surface area contributed by atoms with Gasteiger partial charge in [-0.25, -0.2) is 4.79 Å². The minimum atomic E-state index is -5.36. The lowest BCUT2D eigenvalue weighted by Crippen LogP contribution is -2.68. The van der Waals surface area contributed by atoms with Crippen LogP contribution in [0.5, 0.6) is 5.75 Å². The first-order chi connectivity index (χ1) is 18.1. The summed E-state index contributed by atoms with van der Waals surface area (Å²) in [4.78, 5) is 58.9. The maximum Gasteiger partial charge on any atom is 0.471 e. The third kappa shape index (κ3) is 7.46. The van der Waals surface area contributed by atoms with Crippen molar-refractivity contribution in [3.05, 3.63) is 40.2 Å². The molecule has 5 atom stereocenters. The highest BCUT2D eigenvalue weighted by molar-refractivity contribution is 5.82. The lowest BCUT2D eigenvalue weighted by molar-refractivity contribution is -0.258. The van der Waals surface area contributed by atoms with Crippen LogP contribution in [0.4, 0.5) is 13.2 Å². The molecule has 1 aliphatic rings. The van der Waals surface area contributed by atoms with Crippen molar-refractivity contribution < 1.29 is 60.5 Å². The number of aryl methyl sites for hydroxylation is 1. The molecule has 15 heteroatoms. The van der Waals surface area contributed by atoms with Gasteiger partial charge in [0.05, 0.1) is 0 Å². The summed E-state index contributed by atoms with van der Waals surface area (Å²) in [5.74, 6) is -5.21. The maximum absolute atomic E-state index is 13.2. The zero-order valence-electron chi connectivity index (χ0n) is 21.0. The molecule has 212 valence electrons. The van der Waals surface area contributed by atoms with Crippen LogP contribution in [0.1, 0.15) is 26.3 Å². The van der Waals surface area contributed by atoms with Gasteiger partial charge in [-0.2, -0.15) is 13.2 Å². The first-order valence-electron chi connectivity index (χ1n) is 11.4. The third-order valence-corrected chi connectivity index (χ3v) is 5.43. The number of hydrogen-bond acceptors (Lipinski definition) is 11. The van der Waals surface area contributed by atoms with Crippen LogP contribution in [0, 0.1) is 6.92 Å². The number of rotatable bonds is 7. The van der Waals surface area contributed by atoms with Crippen LogP contribution in [-0.4, -0.2) is 67.2 Å². The zero-order valence-corrected chi connectivity index (χ0v) is 21.0. The van der Waals surface area contributed by atoms with E-state index in [2.05, 4.69) is 0 Å². The first-order valence-corrected chi connectivity index (χ1v) is 11.4. The van der Waals surface area contributed by atoms with Crippen LogP contribution in [0.25, 0.3) is 11.0 Å². The van der Waals surface area contributed by atoms with Crippen LogP contribution < -0.4 is 15.7 Å². The lowest BCUT2D eigenvalue weighted by Gasteiger charge is -2.44. The Kier molecular flexibility index (Phi) is 8.84. The van der Waals surface area contributed by atoms with Gasteiger partial charge in [0.25, 0.3) is 0 Å². The fourth-order valence-corrected chi connectivity index (χ4v) is 3.90. The zero-order chi connectivity index (χ0) is 29.1. The summed E-state index contributed by atoms with van der Waals surface area (Å²) in [5.41, 5.74) is -0.00502. The van der Waals surface area contributed by atoms with E-state index >= 15 is 0 Å². The number of amides is 1. The topological polar surface area (TPSA) is 157 Å². The predicted octanol–water partition coefficient (Wildman–Crippen LogP) is 1.68. The number of carbonyl (C=O) groups is 4. The number of ether oxygens (including phenoxy) is 5. The molecule has 0 aliphatic carbocycles. The molecule has 0 bridgehead atoms.